The molecule has 1 aliphatic heterocycles. The lowest BCUT2D eigenvalue weighted by molar-refractivity contribution is -0.148. The first kappa shape index (κ1) is 16.6. The molecule has 0 saturated carbocycles. The Morgan fingerprint density at radius 2 is 2.25 bits per heavy atom. The summed E-state index contributed by atoms with van der Waals surface area (Å²) in [5, 5.41) is 1.09. The second-order valence-corrected chi connectivity index (χ2v) is 6.19. The van der Waals surface area contributed by atoms with E-state index in [1.165, 1.54) is 0 Å². The molecule has 5 nitrogen and oxygen atoms in total. The number of aromatic nitrogens is 1. The van der Waals surface area contributed by atoms with Crippen LogP contribution >= 0.6 is 0 Å². The van der Waals surface area contributed by atoms with Gasteiger partial charge in [0.05, 0.1) is 19.6 Å². The number of carbonyl (C=O) groups excluding carboxylic acids is 1. The van der Waals surface area contributed by atoms with Gasteiger partial charge in [-0.25, -0.2) is 4.98 Å². The Morgan fingerprint density at radius 3 is 3.00 bits per heavy atom. The van der Waals surface area contributed by atoms with E-state index >= 15 is 0 Å². The molecular formula is C19H24N2O3. The third-order valence-corrected chi connectivity index (χ3v) is 4.58. The molecule has 24 heavy (non-hydrogen) atoms. The lowest BCUT2D eigenvalue weighted by Gasteiger charge is -2.32. The number of hydrogen-bond donors (Lipinski definition) is 0. The molecule has 0 amide bonds. The molecule has 0 spiro atoms. The number of pyridine rings is 1. The van der Waals surface area contributed by atoms with Crippen molar-refractivity contribution in [2.75, 3.05) is 31.7 Å². The van der Waals surface area contributed by atoms with E-state index in [0.717, 1.165) is 47.4 Å². The van der Waals surface area contributed by atoms with Crippen molar-refractivity contribution in [3.8, 4) is 5.75 Å². The molecule has 3 rings (SSSR count). The molecule has 1 aromatic carbocycles. The Morgan fingerprint density at radius 1 is 1.42 bits per heavy atom. The highest BCUT2D eigenvalue weighted by Crippen LogP contribution is 2.31. The minimum atomic E-state index is -0.0997. The Balaban J connectivity index is 1.92. The van der Waals surface area contributed by atoms with Crippen molar-refractivity contribution in [2.24, 2.45) is 5.92 Å². The molecule has 0 radical (unpaired) electrons. The molecule has 0 N–H and O–H groups in total. The predicted octanol–water partition coefficient (Wildman–Crippen LogP) is 3.33. The molecule has 2 aromatic rings. The molecule has 5 heteroatoms. The van der Waals surface area contributed by atoms with Gasteiger partial charge in [-0.15, -0.1) is 0 Å². The zero-order chi connectivity index (χ0) is 17.1. The van der Waals surface area contributed by atoms with E-state index in [-0.39, 0.29) is 11.9 Å². The van der Waals surface area contributed by atoms with Gasteiger partial charge in [-0.05, 0) is 44.4 Å². The molecular weight excluding hydrogens is 304 g/mol. The minimum absolute atomic E-state index is 0.0748. The molecule has 128 valence electrons. The predicted molar refractivity (Wildman–Crippen MR) is 94.6 cm³/mol. The van der Waals surface area contributed by atoms with Crippen molar-refractivity contribution in [2.45, 2.75) is 26.7 Å². The van der Waals surface area contributed by atoms with Crippen LogP contribution in [0.3, 0.4) is 0 Å². The van der Waals surface area contributed by atoms with E-state index in [2.05, 4.69) is 24.0 Å². The summed E-state index contributed by atoms with van der Waals surface area (Å²) in [4.78, 5) is 19.1. The molecule has 1 unspecified atom stereocenters. The normalized spacial score (nSPS) is 17.8. The third kappa shape index (κ3) is 3.16. The summed E-state index contributed by atoms with van der Waals surface area (Å²) in [6.07, 6.45) is 1.85. The van der Waals surface area contributed by atoms with Crippen molar-refractivity contribution >= 4 is 22.7 Å². The first-order valence-electron chi connectivity index (χ1n) is 8.50. The number of esters is 1. The number of rotatable bonds is 4. The van der Waals surface area contributed by atoms with Crippen LogP contribution in [0.15, 0.2) is 24.3 Å². The van der Waals surface area contributed by atoms with Crippen LogP contribution in [0.5, 0.6) is 5.75 Å². The molecule has 1 saturated heterocycles. The van der Waals surface area contributed by atoms with Crippen molar-refractivity contribution < 1.29 is 14.3 Å². The average Bonchev–Trinajstić information content (AvgIpc) is 2.61. The lowest BCUT2D eigenvalue weighted by atomic mass is 9.98. The largest absolute Gasteiger partial charge is 0.494 e. The third-order valence-electron chi connectivity index (χ3n) is 4.58. The maximum atomic E-state index is 12.1. The quantitative estimate of drug-likeness (QED) is 0.806. The number of piperidine rings is 1. The fraction of sp³-hybridized carbons (Fsp3) is 0.474. The van der Waals surface area contributed by atoms with E-state index in [9.17, 15) is 4.79 Å². The van der Waals surface area contributed by atoms with Gasteiger partial charge in [-0.1, -0.05) is 12.1 Å². The van der Waals surface area contributed by atoms with Crippen LogP contribution in [0, 0.1) is 12.8 Å². The molecule has 2 heterocycles. The molecule has 0 aliphatic carbocycles. The summed E-state index contributed by atoms with van der Waals surface area (Å²) in [6, 6.07) is 8.06. The standard InChI is InChI=1S/C19H24N2O3/c1-4-24-19(22)14-7-6-10-21(12-14)17-11-13(2)15-8-5-9-16(23-3)18(15)20-17/h5,8-9,11,14H,4,6-7,10,12H2,1-3H3. The first-order valence-corrected chi connectivity index (χ1v) is 8.50. The number of benzene rings is 1. The van der Waals surface area contributed by atoms with E-state index in [1.807, 2.05) is 19.1 Å². The number of aryl methyl sites for hydroxylation is 1. The van der Waals surface area contributed by atoms with Gasteiger partial charge in [0.2, 0.25) is 0 Å². The van der Waals surface area contributed by atoms with Crippen LogP contribution < -0.4 is 9.64 Å². The van der Waals surface area contributed by atoms with Gasteiger partial charge in [-0.2, -0.15) is 0 Å². The van der Waals surface area contributed by atoms with E-state index in [1.54, 1.807) is 7.11 Å². The van der Waals surface area contributed by atoms with Gasteiger partial charge in [0.25, 0.3) is 0 Å². The Hall–Kier alpha value is -2.30. The molecule has 1 aliphatic rings. The summed E-state index contributed by atoms with van der Waals surface area (Å²) in [5.74, 6) is 1.50. The zero-order valence-electron chi connectivity index (χ0n) is 14.5. The van der Waals surface area contributed by atoms with Gasteiger partial charge < -0.3 is 14.4 Å². The number of anilines is 1. The summed E-state index contributed by atoms with van der Waals surface area (Å²) in [7, 11) is 1.66. The minimum Gasteiger partial charge on any atom is -0.494 e. The van der Waals surface area contributed by atoms with Crippen molar-refractivity contribution in [3.05, 3.63) is 29.8 Å². The SMILES string of the molecule is CCOC(=O)C1CCCN(c2cc(C)c3cccc(OC)c3n2)C1. The summed E-state index contributed by atoms with van der Waals surface area (Å²) < 4.78 is 10.7. The summed E-state index contributed by atoms with van der Waals surface area (Å²) >= 11 is 0. The smallest absolute Gasteiger partial charge is 0.310 e. The maximum Gasteiger partial charge on any atom is 0.310 e. The first-order chi connectivity index (χ1) is 11.6. The Labute approximate surface area is 142 Å². The average molecular weight is 328 g/mol. The number of hydrogen-bond acceptors (Lipinski definition) is 5. The van der Waals surface area contributed by atoms with Crippen molar-refractivity contribution in [1.29, 1.82) is 0 Å². The van der Waals surface area contributed by atoms with Gasteiger partial charge in [0, 0.05) is 18.5 Å². The van der Waals surface area contributed by atoms with Gasteiger partial charge >= 0.3 is 5.97 Å². The number of para-hydroxylation sites is 1. The molecule has 1 aromatic heterocycles. The van der Waals surface area contributed by atoms with E-state index in [4.69, 9.17) is 14.5 Å². The number of carbonyl (C=O) groups is 1. The zero-order valence-corrected chi connectivity index (χ0v) is 14.5. The van der Waals surface area contributed by atoms with Crippen LogP contribution in [0.2, 0.25) is 0 Å². The molecule has 1 fully saturated rings. The van der Waals surface area contributed by atoms with E-state index in [0.29, 0.717) is 13.2 Å². The Bertz CT molecular complexity index is 745. The fourth-order valence-electron chi connectivity index (χ4n) is 3.34. The summed E-state index contributed by atoms with van der Waals surface area (Å²) in [5.41, 5.74) is 2.03. The fourth-order valence-corrected chi connectivity index (χ4v) is 3.34. The number of ether oxygens (including phenoxy) is 2. The summed E-state index contributed by atoms with van der Waals surface area (Å²) in [6.45, 7) is 5.92. The van der Waals surface area contributed by atoms with Crippen LogP contribution in [-0.4, -0.2) is 37.8 Å². The van der Waals surface area contributed by atoms with Crippen LogP contribution in [0.1, 0.15) is 25.3 Å². The second kappa shape index (κ2) is 7.07. The topological polar surface area (TPSA) is 51.7 Å². The monoisotopic (exact) mass is 328 g/mol. The number of methoxy groups -OCH3 is 1. The van der Waals surface area contributed by atoms with Gasteiger partial charge in [0.1, 0.15) is 17.1 Å². The highest BCUT2D eigenvalue weighted by molar-refractivity contribution is 5.89. The van der Waals surface area contributed by atoms with Crippen molar-refractivity contribution in [3.63, 3.8) is 0 Å². The highest BCUT2D eigenvalue weighted by atomic mass is 16.5. The van der Waals surface area contributed by atoms with Crippen LogP contribution in [0.25, 0.3) is 10.9 Å². The lowest BCUT2D eigenvalue weighted by Crippen LogP contribution is -2.39. The van der Waals surface area contributed by atoms with Gasteiger partial charge in [-0.3, -0.25) is 4.79 Å². The van der Waals surface area contributed by atoms with Crippen LogP contribution in [-0.2, 0) is 9.53 Å². The number of fused-ring (bicyclic) bond motifs is 1. The Kier molecular flexibility index (Phi) is 4.88. The van der Waals surface area contributed by atoms with Gasteiger partial charge in [0.15, 0.2) is 0 Å². The number of nitrogens with zero attached hydrogens (tertiary/aromatic N) is 2. The maximum absolute atomic E-state index is 12.1. The molecule has 0 bridgehead atoms. The highest BCUT2D eigenvalue weighted by Gasteiger charge is 2.28. The van der Waals surface area contributed by atoms with Crippen LogP contribution in [0.4, 0.5) is 5.82 Å². The van der Waals surface area contributed by atoms with E-state index < -0.39 is 0 Å². The van der Waals surface area contributed by atoms with Crippen molar-refractivity contribution in [1.82, 2.24) is 4.98 Å². The second-order valence-electron chi connectivity index (χ2n) is 6.19. The molecule has 1 atom stereocenters.